The van der Waals surface area contributed by atoms with Crippen LogP contribution in [0.3, 0.4) is 0 Å². The Morgan fingerprint density at radius 1 is 1.03 bits per heavy atom. The van der Waals surface area contributed by atoms with Crippen LogP contribution in [0, 0.1) is 5.41 Å². The van der Waals surface area contributed by atoms with Gasteiger partial charge in [0, 0.05) is 5.56 Å². The van der Waals surface area contributed by atoms with Gasteiger partial charge in [-0.15, -0.1) is 0 Å². The molecule has 1 N–H and O–H groups in total. The van der Waals surface area contributed by atoms with E-state index in [4.69, 9.17) is 27.9 Å². The molecule has 0 aliphatic heterocycles. The van der Waals surface area contributed by atoms with Crippen LogP contribution >= 0.6 is 23.2 Å². The van der Waals surface area contributed by atoms with Crippen molar-refractivity contribution in [3.05, 3.63) is 63.6 Å². The van der Waals surface area contributed by atoms with Crippen LogP contribution in [0.5, 0.6) is 5.75 Å². The summed E-state index contributed by atoms with van der Waals surface area (Å²) in [4.78, 5) is 11.9. The number of hydrogen-bond donors (Lipinski definition) is 1. The SMILES string of the molecule is CC(C)(C)CC(C)(C)c1ccc(OCC(=O)NN=Cc2c(Cl)cccc2Cl)cc1. The van der Waals surface area contributed by atoms with Crippen LogP contribution in [0.15, 0.2) is 47.6 Å². The lowest BCUT2D eigenvalue weighted by atomic mass is 9.72. The fourth-order valence-electron chi connectivity index (χ4n) is 3.41. The van der Waals surface area contributed by atoms with Gasteiger partial charge in [-0.2, -0.15) is 5.10 Å². The smallest absolute Gasteiger partial charge is 0.277 e. The molecule has 0 bridgehead atoms. The first-order chi connectivity index (χ1) is 13.5. The summed E-state index contributed by atoms with van der Waals surface area (Å²) in [6, 6.07) is 13.0. The number of benzene rings is 2. The molecule has 29 heavy (non-hydrogen) atoms. The van der Waals surface area contributed by atoms with Gasteiger partial charge in [0.2, 0.25) is 0 Å². The minimum absolute atomic E-state index is 0.0584. The molecular formula is C23H28Cl2N2O2. The second-order valence-corrected chi connectivity index (χ2v) is 9.68. The zero-order valence-electron chi connectivity index (χ0n) is 17.6. The Hall–Kier alpha value is -2.04. The maximum absolute atomic E-state index is 11.9. The van der Waals surface area contributed by atoms with Crippen molar-refractivity contribution < 1.29 is 9.53 Å². The van der Waals surface area contributed by atoms with Gasteiger partial charge in [0.1, 0.15) is 5.75 Å². The maximum atomic E-state index is 11.9. The van der Waals surface area contributed by atoms with E-state index in [1.54, 1.807) is 18.2 Å². The quantitative estimate of drug-likeness (QED) is 0.414. The molecule has 0 fully saturated rings. The van der Waals surface area contributed by atoms with Gasteiger partial charge in [0.25, 0.3) is 5.91 Å². The summed E-state index contributed by atoms with van der Waals surface area (Å²) in [5.74, 6) is 0.259. The number of nitrogens with zero attached hydrogens (tertiary/aromatic N) is 1. The number of amides is 1. The first-order valence-corrected chi connectivity index (χ1v) is 10.2. The Kier molecular flexibility index (Phi) is 7.73. The van der Waals surface area contributed by atoms with E-state index in [9.17, 15) is 4.79 Å². The number of carbonyl (C=O) groups is 1. The second-order valence-electron chi connectivity index (χ2n) is 8.86. The highest BCUT2D eigenvalue weighted by atomic mass is 35.5. The van der Waals surface area contributed by atoms with Gasteiger partial charge in [-0.05, 0) is 47.1 Å². The Morgan fingerprint density at radius 2 is 1.62 bits per heavy atom. The van der Waals surface area contributed by atoms with Crippen molar-refractivity contribution in [2.45, 2.75) is 46.5 Å². The predicted molar refractivity (Wildman–Crippen MR) is 121 cm³/mol. The van der Waals surface area contributed by atoms with E-state index in [0.29, 0.717) is 21.4 Å². The molecule has 6 heteroatoms. The van der Waals surface area contributed by atoms with Crippen molar-refractivity contribution >= 4 is 35.3 Å². The van der Waals surface area contributed by atoms with Crippen LogP contribution in [0.2, 0.25) is 10.0 Å². The highest BCUT2D eigenvalue weighted by Crippen LogP contribution is 2.36. The zero-order chi connectivity index (χ0) is 21.7. The van der Waals surface area contributed by atoms with E-state index in [-0.39, 0.29) is 23.3 Å². The van der Waals surface area contributed by atoms with Crippen molar-refractivity contribution in [3.63, 3.8) is 0 Å². The van der Waals surface area contributed by atoms with Crippen molar-refractivity contribution in [1.82, 2.24) is 5.43 Å². The predicted octanol–water partition coefficient (Wildman–Crippen LogP) is 6.24. The highest BCUT2D eigenvalue weighted by Gasteiger charge is 2.27. The van der Waals surface area contributed by atoms with E-state index in [1.165, 1.54) is 11.8 Å². The van der Waals surface area contributed by atoms with Gasteiger partial charge < -0.3 is 4.74 Å². The standard InChI is InChI=1S/C23H28Cl2N2O2/c1-22(2,3)15-23(4,5)16-9-11-17(12-10-16)29-14-21(28)27-26-13-18-19(24)7-6-8-20(18)25/h6-13H,14-15H2,1-5H3,(H,27,28). The molecule has 0 saturated carbocycles. The van der Waals surface area contributed by atoms with E-state index >= 15 is 0 Å². The first-order valence-electron chi connectivity index (χ1n) is 9.47. The molecule has 156 valence electrons. The Labute approximate surface area is 183 Å². The molecule has 1 amide bonds. The van der Waals surface area contributed by atoms with E-state index < -0.39 is 0 Å². The lowest BCUT2D eigenvalue weighted by Crippen LogP contribution is -2.25. The molecule has 0 heterocycles. The molecule has 0 saturated heterocycles. The Morgan fingerprint density at radius 3 is 2.17 bits per heavy atom. The number of hydrogen-bond acceptors (Lipinski definition) is 3. The summed E-state index contributed by atoms with van der Waals surface area (Å²) in [5, 5.41) is 4.80. The second kappa shape index (κ2) is 9.64. The third kappa shape index (κ3) is 7.37. The monoisotopic (exact) mass is 434 g/mol. The lowest BCUT2D eigenvalue weighted by Gasteiger charge is -2.33. The molecule has 0 atom stereocenters. The van der Waals surface area contributed by atoms with E-state index in [2.05, 4.69) is 57.3 Å². The summed E-state index contributed by atoms with van der Waals surface area (Å²) in [7, 11) is 0. The normalized spacial score (nSPS) is 12.2. The zero-order valence-corrected chi connectivity index (χ0v) is 19.1. The summed E-state index contributed by atoms with van der Waals surface area (Å²) < 4.78 is 5.55. The minimum Gasteiger partial charge on any atom is -0.484 e. The number of rotatable bonds is 7. The van der Waals surface area contributed by atoms with Gasteiger partial charge in [0.05, 0.1) is 16.3 Å². The molecule has 0 radical (unpaired) electrons. The lowest BCUT2D eigenvalue weighted by molar-refractivity contribution is -0.123. The number of hydrazone groups is 1. The average molecular weight is 435 g/mol. The van der Waals surface area contributed by atoms with E-state index in [1.807, 2.05) is 12.1 Å². The maximum Gasteiger partial charge on any atom is 0.277 e. The van der Waals surface area contributed by atoms with Gasteiger partial charge >= 0.3 is 0 Å². The number of ether oxygens (including phenoxy) is 1. The largest absolute Gasteiger partial charge is 0.484 e. The van der Waals surface area contributed by atoms with Gasteiger partial charge in [-0.25, -0.2) is 5.43 Å². The first kappa shape index (κ1) is 23.2. The number of nitrogens with one attached hydrogen (secondary N) is 1. The minimum atomic E-state index is -0.374. The fourth-order valence-corrected chi connectivity index (χ4v) is 3.91. The van der Waals surface area contributed by atoms with Crippen LogP contribution in [-0.4, -0.2) is 18.7 Å². The summed E-state index contributed by atoms with van der Waals surface area (Å²) >= 11 is 12.1. The topological polar surface area (TPSA) is 50.7 Å². The number of halogens is 2. The molecule has 2 rings (SSSR count). The van der Waals surface area contributed by atoms with Crippen LogP contribution in [0.25, 0.3) is 0 Å². The van der Waals surface area contributed by atoms with Crippen molar-refractivity contribution in [1.29, 1.82) is 0 Å². The van der Waals surface area contributed by atoms with Crippen LogP contribution in [-0.2, 0) is 10.2 Å². The molecule has 0 unspecified atom stereocenters. The van der Waals surface area contributed by atoms with Gasteiger partial charge in [0.15, 0.2) is 6.61 Å². The Bertz CT molecular complexity index is 849. The van der Waals surface area contributed by atoms with Crippen LogP contribution < -0.4 is 10.2 Å². The van der Waals surface area contributed by atoms with E-state index in [0.717, 1.165) is 6.42 Å². The summed E-state index contributed by atoms with van der Waals surface area (Å²) in [6.07, 6.45) is 2.48. The van der Waals surface area contributed by atoms with Crippen molar-refractivity contribution in [2.24, 2.45) is 10.5 Å². The van der Waals surface area contributed by atoms with Crippen LogP contribution in [0.4, 0.5) is 0 Å². The summed E-state index contributed by atoms with van der Waals surface area (Å²) in [6.45, 7) is 11.1. The van der Waals surface area contributed by atoms with Gasteiger partial charge in [-0.3, -0.25) is 4.79 Å². The molecule has 4 nitrogen and oxygen atoms in total. The van der Waals surface area contributed by atoms with Crippen LogP contribution in [0.1, 0.15) is 52.2 Å². The van der Waals surface area contributed by atoms with Crippen molar-refractivity contribution in [3.8, 4) is 5.75 Å². The van der Waals surface area contributed by atoms with Gasteiger partial charge in [-0.1, -0.05) is 76.0 Å². The third-order valence-electron chi connectivity index (χ3n) is 4.36. The molecular weight excluding hydrogens is 407 g/mol. The molecule has 0 aliphatic rings. The average Bonchev–Trinajstić information content (AvgIpc) is 2.61. The molecule has 2 aromatic rings. The third-order valence-corrected chi connectivity index (χ3v) is 5.02. The molecule has 0 aromatic heterocycles. The molecule has 2 aromatic carbocycles. The molecule has 0 aliphatic carbocycles. The molecule has 0 spiro atoms. The van der Waals surface area contributed by atoms with Crippen molar-refractivity contribution in [2.75, 3.05) is 6.61 Å². The highest BCUT2D eigenvalue weighted by molar-refractivity contribution is 6.38. The number of carbonyl (C=O) groups excluding carboxylic acids is 1. The Balaban J connectivity index is 1.88. The summed E-state index contributed by atoms with van der Waals surface area (Å²) in [5.41, 5.74) is 4.49. The fraction of sp³-hybridized carbons (Fsp3) is 0.391.